The zero-order valence-electron chi connectivity index (χ0n) is 22.0. The van der Waals surface area contributed by atoms with Crippen molar-refractivity contribution in [3.8, 4) is 0 Å². The predicted molar refractivity (Wildman–Crippen MR) is 144 cm³/mol. The minimum Gasteiger partial charge on any atom is -0.445 e. The summed E-state index contributed by atoms with van der Waals surface area (Å²) in [4.78, 5) is 57.1. The number of carbonyl (C=O) groups is 4. The molecule has 3 atom stereocenters. The second kappa shape index (κ2) is 15.1. The summed E-state index contributed by atoms with van der Waals surface area (Å²) < 4.78 is 18.5. The van der Waals surface area contributed by atoms with E-state index in [9.17, 15) is 23.6 Å². The number of alkyl halides is 1. The van der Waals surface area contributed by atoms with Crippen LogP contribution in [0.5, 0.6) is 0 Å². The molecule has 1 aliphatic rings. The first-order chi connectivity index (χ1) is 19.3. The number of pyridine rings is 1. The zero-order chi connectivity index (χ0) is 28.9. The van der Waals surface area contributed by atoms with Gasteiger partial charge in [0.25, 0.3) is 5.91 Å². The summed E-state index contributed by atoms with van der Waals surface area (Å²) in [6.45, 7) is -0.732. The Hall–Kier alpha value is -4.55. The molecule has 0 unspecified atom stereocenters. The fourth-order valence-electron chi connectivity index (χ4n) is 4.39. The van der Waals surface area contributed by atoms with Crippen molar-refractivity contribution in [3.05, 3.63) is 66.0 Å². The van der Waals surface area contributed by atoms with E-state index < -0.39 is 48.5 Å². The lowest BCUT2D eigenvalue weighted by atomic mass is 10.0. The molecule has 0 bridgehead atoms. The van der Waals surface area contributed by atoms with Gasteiger partial charge in [-0.3, -0.25) is 24.8 Å². The third-order valence-electron chi connectivity index (χ3n) is 6.40. The van der Waals surface area contributed by atoms with Gasteiger partial charge >= 0.3 is 6.09 Å². The van der Waals surface area contributed by atoms with Crippen LogP contribution in [0, 0.1) is 5.41 Å². The Balaban J connectivity index is 1.69. The minimum absolute atomic E-state index is 0.00128. The molecule has 2 aromatic rings. The number of hydrogen-bond donors (Lipinski definition) is 5. The Morgan fingerprint density at radius 3 is 2.60 bits per heavy atom. The fourth-order valence-corrected chi connectivity index (χ4v) is 4.39. The van der Waals surface area contributed by atoms with Crippen LogP contribution in [0.4, 0.5) is 9.18 Å². The number of aromatic nitrogens is 1. The molecule has 0 saturated carbocycles. The van der Waals surface area contributed by atoms with E-state index in [2.05, 4.69) is 20.9 Å². The molecule has 2 heterocycles. The van der Waals surface area contributed by atoms with Crippen molar-refractivity contribution in [2.45, 2.75) is 50.4 Å². The van der Waals surface area contributed by atoms with Gasteiger partial charge in [-0.15, -0.1) is 0 Å². The lowest BCUT2D eigenvalue weighted by Gasteiger charge is -2.29. The van der Waals surface area contributed by atoms with Crippen LogP contribution in [0.15, 0.2) is 54.9 Å². The Morgan fingerprint density at radius 2 is 1.93 bits per heavy atom. The highest BCUT2D eigenvalue weighted by atomic mass is 19.1. The molecule has 1 aromatic heterocycles. The second-order valence-corrected chi connectivity index (χ2v) is 9.26. The van der Waals surface area contributed by atoms with Gasteiger partial charge in [-0.1, -0.05) is 36.4 Å². The zero-order valence-corrected chi connectivity index (χ0v) is 22.0. The molecule has 0 aliphatic carbocycles. The van der Waals surface area contributed by atoms with Gasteiger partial charge in [0, 0.05) is 31.0 Å². The van der Waals surface area contributed by atoms with Gasteiger partial charge < -0.3 is 31.3 Å². The number of alkyl carbamates (subject to hydrolysis) is 1. The van der Waals surface area contributed by atoms with Gasteiger partial charge in [-0.05, 0) is 37.3 Å². The number of nitrogens with zero attached hydrogens (tertiary/aromatic N) is 2. The van der Waals surface area contributed by atoms with Crippen molar-refractivity contribution in [1.29, 1.82) is 5.41 Å². The molecule has 3 amide bonds. The highest BCUT2D eigenvalue weighted by Crippen LogP contribution is 2.24. The van der Waals surface area contributed by atoms with Gasteiger partial charge in [0.1, 0.15) is 25.4 Å². The number of nitrogens with two attached hydrogens (primary N) is 1. The fraction of sp³-hybridized carbons (Fsp3) is 0.407. The molecule has 6 N–H and O–H groups in total. The van der Waals surface area contributed by atoms with Crippen molar-refractivity contribution < 1.29 is 28.3 Å². The summed E-state index contributed by atoms with van der Waals surface area (Å²) in [7, 11) is 0. The van der Waals surface area contributed by atoms with Crippen LogP contribution in [0.25, 0.3) is 0 Å². The summed E-state index contributed by atoms with van der Waals surface area (Å²) in [6.07, 6.45) is 3.48. The van der Waals surface area contributed by atoms with Gasteiger partial charge in [-0.2, -0.15) is 0 Å². The molecule has 1 aliphatic heterocycles. The largest absolute Gasteiger partial charge is 0.445 e. The molecule has 40 heavy (non-hydrogen) atoms. The molecule has 214 valence electrons. The van der Waals surface area contributed by atoms with Crippen molar-refractivity contribution in [3.63, 3.8) is 0 Å². The molecule has 13 heteroatoms. The van der Waals surface area contributed by atoms with Gasteiger partial charge in [0.05, 0.1) is 6.04 Å². The quantitative estimate of drug-likeness (QED) is 0.139. The highest BCUT2D eigenvalue weighted by molar-refractivity contribution is 5.95. The van der Waals surface area contributed by atoms with Crippen LogP contribution in [0.1, 0.15) is 42.9 Å². The van der Waals surface area contributed by atoms with E-state index in [0.717, 1.165) is 5.56 Å². The summed E-state index contributed by atoms with van der Waals surface area (Å²) in [5.74, 6) is -2.16. The van der Waals surface area contributed by atoms with E-state index in [1.54, 1.807) is 24.3 Å². The molecule has 1 aromatic carbocycles. The Kier molecular flexibility index (Phi) is 11.4. The normalized spacial score (nSPS) is 15.9. The first kappa shape index (κ1) is 30.0. The Bertz CT molecular complexity index is 1170. The van der Waals surface area contributed by atoms with Crippen LogP contribution in [0.3, 0.4) is 0 Å². The predicted octanol–water partition coefficient (Wildman–Crippen LogP) is 1.33. The third-order valence-corrected chi connectivity index (χ3v) is 6.40. The Morgan fingerprint density at radius 1 is 1.15 bits per heavy atom. The average Bonchev–Trinajstić information content (AvgIpc) is 3.47. The molecular formula is C27H34FN7O5. The first-order valence-corrected chi connectivity index (χ1v) is 12.9. The number of amides is 3. The Labute approximate surface area is 231 Å². The number of ketones is 1. The van der Waals surface area contributed by atoms with Gasteiger partial charge in [0.2, 0.25) is 5.91 Å². The standard InChI is InChI=1S/C27H34FN7O5/c28-15-22(36)20(10-5-13-32-26(29)30)33-24(37)21-11-6-14-35(21)25(38)23(19-9-4-12-31-16-19)34-27(39)40-17-18-7-2-1-3-8-18/h1-4,7-9,12,16,20-21,23H,5-6,10-11,13-15,17H2,(H,33,37)(H,34,39)(H4,29,30,32)/t20-,21-,23-/m0/s1. The number of hydrogen-bond acceptors (Lipinski definition) is 7. The number of carbonyl (C=O) groups excluding carboxylic acids is 4. The van der Waals surface area contributed by atoms with E-state index >= 15 is 0 Å². The summed E-state index contributed by atoms with van der Waals surface area (Å²) in [5.41, 5.74) is 6.41. The average molecular weight is 556 g/mol. The molecule has 1 fully saturated rings. The number of ether oxygens (including phenoxy) is 1. The maximum absolute atomic E-state index is 13.7. The van der Waals surface area contributed by atoms with E-state index in [1.807, 2.05) is 18.2 Å². The maximum atomic E-state index is 13.7. The molecule has 0 radical (unpaired) electrons. The number of likely N-dealkylation sites (tertiary alicyclic amines) is 1. The molecule has 12 nitrogen and oxygen atoms in total. The van der Waals surface area contributed by atoms with Crippen LogP contribution >= 0.6 is 0 Å². The number of Topliss-reactive ketones (excluding diaryl/α,β-unsaturated/α-hetero) is 1. The van der Waals surface area contributed by atoms with E-state index in [0.29, 0.717) is 24.8 Å². The molecular weight excluding hydrogens is 521 g/mol. The number of guanidine groups is 1. The lowest BCUT2D eigenvalue weighted by molar-refractivity contribution is -0.141. The van der Waals surface area contributed by atoms with Gasteiger partial charge in [-0.25, -0.2) is 9.18 Å². The number of rotatable bonds is 13. The van der Waals surface area contributed by atoms with Crippen LogP contribution in [-0.4, -0.2) is 71.4 Å². The SMILES string of the molecule is N=C(N)NCCC[C@H](NC(=O)[C@@H]1CCCN1C(=O)[C@@H](NC(=O)OCc1ccccc1)c1cccnc1)C(=O)CF. The number of halogens is 1. The summed E-state index contributed by atoms with van der Waals surface area (Å²) in [6, 6.07) is 9.12. The second-order valence-electron chi connectivity index (χ2n) is 9.26. The van der Waals surface area contributed by atoms with Crippen LogP contribution in [0.2, 0.25) is 0 Å². The van der Waals surface area contributed by atoms with Gasteiger partial charge in [0.15, 0.2) is 11.7 Å². The summed E-state index contributed by atoms with van der Waals surface area (Å²) >= 11 is 0. The lowest BCUT2D eigenvalue weighted by Crippen LogP contribution is -2.53. The van der Waals surface area contributed by atoms with E-state index in [4.69, 9.17) is 15.9 Å². The van der Waals surface area contributed by atoms with E-state index in [-0.39, 0.29) is 32.1 Å². The van der Waals surface area contributed by atoms with Crippen molar-refractivity contribution >= 4 is 29.7 Å². The highest BCUT2D eigenvalue weighted by Gasteiger charge is 2.39. The van der Waals surface area contributed by atoms with Crippen LogP contribution in [-0.2, 0) is 25.7 Å². The maximum Gasteiger partial charge on any atom is 0.408 e. The topological polar surface area (TPSA) is 180 Å². The van der Waals surface area contributed by atoms with E-state index in [1.165, 1.54) is 17.3 Å². The minimum atomic E-state index is -1.25. The third kappa shape index (κ3) is 8.75. The first-order valence-electron chi connectivity index (χ1n) is 12.9. The number of benzene rings is 1. The monoisotopic (exact) mass is 555 g/mol. The molecule has 0 spiro atoms. The van der Waals surface area contributed by atoms with Crippen molar-refractivity contribution in [2.24, 2.45) is 5.73 Å². The molecule has 1 saturated heterocycles. The van der Waals surface area contributed by atoms with Crippen LogP contribution < -0.4 is 21.7 Å². The van der Waals surface area contributed by atoms with Crippen molar-refractivity contribution in [2.75, 3.05) is 19.8 Å². The molecule has 3 rings (SSSR count). The summed E-state index contributed by atoms with van der Waals surface area (Å²) in [5, 5.41) is 14.9. The number of nitrogens with one attached hydrogen (secondary N) is 4. The smallest absolute Gasteiger partial charge is 0.408 e. The van der Waals surface area contributed by atoms with Crippen molar-refractivity contribution in [1.82, 2.24) is 25.8 Å².